The lowest BCUT2D eigenvalue weighted by molar-refractivity contribution is 0.260. The summed E-state index contributed by atoms with van der Waals surface area (Å²) < 4.78 is 5.83. The third-order valence-electron chi connectivity index (χ3n) is 4.90. The average Bonchev–Trinajstić information content (AvgIpc) is 3.09. The zero-order chi connectivity index (χ0) is 18.4. The van der Waals surface area contributed by atoms with E-state index in [0.717, 1.165) is 30.8 Å². The van der Waals surface area contributed by atoms with Crippen molar-refractivity contribution < 1.29 is 4.74 Å². The van der Waals surface area contributed by atoms with E-state index in [-0.39, 0.29) is 24.8 Å². The molecular weight excluding hydrogens is 438 g/mol. The first-order chi connectivity index (χ1) is 12.7. The smallest absolute Gasteiger partial charge is 0.156 e. The number of likely N-dealkylation sites (tertiary alicyclic amines) is 1. The summed E-state index contributed by atoms with van der Waals surface area (Å²) in [5, 5.41) is 4.65. The van der Waals surface area contributed by atoms with Crippen LogP contribution in [0.3, 0.4) is 0 Å². The Labute approximate surface area is 190 Å². The normalized spacial score (nSPS) is 16.3. The van der Waals surface area contributed by atoms with Gasteiger partial charge in [-0.1, -0.05) is 60.5 Å². The molecule has 0 radical (unpaired) electrons. The summed E-state index contributed by atoms with van der Waals surface area (Å²) in [6.45, 7) is 6.77. The lowest BCUT2D eigenvalue weighted by Gasteiger charge is -2.23. The van der Waals surface area contributed by atoms with Gasteiger partial charge in [0.1, 0.15) is 6.61 Å². The summed E-state index contributed by atoms with van der Waals surface area (Å²) in [6.07, 6.45) is 2.57. The molecule has 0 saturated carbocycles. The average molecular weight is 466 g/mol. The van der Waals surface area contributed by atoms with Gasteiger partial charge in [0.15, 0.2) is 5.75 Å². The van der Waals surface area contributed by atoms with Crippen LogP contribution in [0.5, 0.6) is 5.75 Å². The van der Waals surface area contributed by atoms with E-state index in [0.29, 0.717) is 28.4 Å². The number of likely N-dealkylation sites (N-methyl/N-ethyl adjacent to an activating group) is 1. The van der Waals surface area contributed by atoms with Gasteiger partial charge in [-0.2, -0.15) is 0 Å². The van der Waals surface area contributed by atoms with Gasteiger partial charge < -0.3 is 10.1 Å². The summed E-state index contributed by atoms with van der Waals surface area (Å²) in [7, 11) is 0. The van der Waals surface area contributed by atoms with Crippen LogP contribution in [0.2, 0.25) is 10.0 Å². The van der Waals surface area contributed by atoms with Crippen LogP contribution in [0.15, 0.2) is 42.5 Å². The van der Waals surface area contributed by atoms with Crippen LogP contribution in [0, 0.1) is 0 Å². The molecule has 28 heavy (non-hydrogen) atoms. The quantitative estimate of drug-likeness (QED) is 0.518. The standard InChI is InChI=1S/C21H26Cl2N2O.2ClH/c1-2-25-10-6-9-18(25)14-24-13-17-11-19(22)21(20(23)12-17)26-15-16-7-4-3-5-8-16;;/h3-5,7-8,11-12,18,24H,2,6,9-10,13-15H2,1H3;2*1H. The molecule has 7 heteroatoms. The first-order valence-corrected chi connectivity index (χ1v) is 10.0. The highest BCUT2D eigenvalue weighted by atomic mass is 35.5. The predicted octanol–water partition coefficient (Wildman–Crippen LogP) is 5.99. The van der Waals surface area contributed by atoms with Gasteiger partial charge in [-0.15, -0.1) is 24.8 Å². The molecule has 3 nitrogen and oxygen atoms in total. The van der Waals surface area contributed by atoms with Crippen molar-refractivity contribution in [3.8, 4) is 5.75 Å². The van der Waals surface area contributed by atoms with Crippen LogP contribution in [-0.4, -0.2) is 30.6 Å². The highest BCUT2D eigenvalue weighted by molar-refractivity contribution is 6.37. The molecule has 2 aromatic rings. The molecule has 0 aromatic heterocycles. The second-order valence-corrected chi connectivity index (χ2v) is 7.53. The Kier molecular flexibility index (Phi) is 11.6. The van der Waals surface area contributed by atoms with Crippen molar-refractivity contribution in [2.24, 2.45) is 0 Å². The molecule has 0 bridgehead atoms. The predicted molar refractivity (Wildman–Crippen MR) is 124 cm³/mol. The summed E-state index contributed by atoms with van der Waals surface area (Å²) in [4.78, 5) is 2.54. The fraction of sp³-hybridized carbons (Fsp3) is 0.429. The van der Waals surface area contributed by atoms with Crippen molar-refractivity contribution in [1.29, 1.82) is 0 Å². The summed E-state index contributed by atoms with van der Waals surface area (Å²) in [5.74, 6) is 0.550. The Balaban J connectivity index is 0.00000196. The summed E-state index contributed by atoms with van der Waals surface area (Å²) >= 11 is 12.8. The maximum absolute atomic E-state index is 6.41. The van der Waals surface area contributed by atoms with Crippen LogP contribution in [0.1, 0.15) is 30.9 Å². The van der Waals surface area contributed by atoms with Crippen LogP contribution >= 0.6 is 48.0 Å². The first-order valence-electron chi connectivity index (χ1n) is 9.26. The number of hydrogen-bond acceptors (Lipinski definition) is 3. The number of nitrogens with zero attached hydrogens (tertiary/aromatic N) is 1. The molecule has 1 aliphatic heterocycles. The van der Waals surface area contributed by atoms with Crippen LogP contribution in [0.4, 0.5) is 0 Å². The fourth-order valence-corrected chi connectivity index (χ4v) is 4.15. The highest BCUT2D eigenvalue weighted by Gasteiger charge is 2.22. The lowest BCUT2D eigenvalue weighted by atomic mass is 10.2. The number of ether oxygens (including phenoxy) is 1. The molecule has 156 valence electrons. The monoisotopic (exact) mass is 464 g/mol. The molecule has 3 rings (SSSR count). The molecule has 1 aliphatic rings. The molecule has 0 amide bonds. The van der Waals surface area contributed by atoms with Gasteiger partial charge in [0.25, 0.3) is 0 Å². The maximum Gasteiger partial charge on any atom is 0.156 e. The zero-order valence-corrected chi connectivity index (χ0v) is 19.1. The second-order valence-electron chi connectivity index (χ2n) is 6.72. The van der Waals surface area contributed by atoms with Gasteiger partial charge in [0.05, 0.1) is 10.0 Å². The molecular formula is C21H28Cl4N2O. The van der Waals surface area contributed by atoms with Crippen molar-refractivity contribution in [1.82, 2.24) is 10.2 Å². The van der Waals surface area contributed by atoms with E-state index in [1.165, 1.54) is 19.4 Å². The SMILES string of the molecule is CCN1CCCC1CNCc1cc(Cl)c(OCc2ccccc2)c(Cl)c1.Cl.Cl. The van der Waals surface area contributed by atoms with Crippen LogP contribution in [-0.2, 0) is 13.2 Å². The van der Waals surface area contributed by atoms with Crippen molar-refractivity contribution in [2.45, 2.75) is 39.0 Å². The molecule has 1 fully saturated rings. The minimum Gasteiger partial charge on any atom is -0.486 e. The van der Waals surface area contributed by atoms with Gasteiger partial charge in [-0.3, -0.25) is 4.90 Å². The van der Waals surface area contributed by atoms with E-state index in [9.17, 15) is 0 Å². The summed E-state index contributed by atoms with van der Waals surface area (Å²) in [6, 6.07) is 14.5. The molecule has 1 saturated heterocycles. The van der Waals surface area contributed by atoms with E-state index < -0.39 is 0 Å². The molecule has 0 aliphatic carbocycles. The molecule has 0 spiro atoms. The number of hydrogen-bond donors (Lipinski definition) is 1. The zero-order valence-electron chi connectivity index (χ0n) is 16.0. The number of halogens is 4. The van der Waals surface area contributed by atoms with Gasteiger partial charge in [0, 0.05) is 19.1 Å². The molecule has 1 unspecified atom stereocenters. The molecule has 1 N–H and O–H groups in total. The number of benzene rings is 2. The van der Waals surface area contributed by atoms with Gasteiger partial charge in [-0.25, -0.2) is 0 Å². The van der Waals surface area contributed by atoms with E-state index in [1.54, 1.807) is 0 Å². The van der Waals surface area contributed by atoms with Crippen molar-refractivity contribution in [3.05, 3.63) is 63.6 Å². The van der Waals surface area contributed by atoms with Crippen molar-refractivity contribution in [3.63, 3.8) is 0 Å². The Morgan fingerprint density at radius 1 is 1.07 bits per heavy atom. The Morgan fingerprint density at radius 3 is 2.39 bits per heavy atom. The van der Waals surface area contributed by atoms with Gasteiger partial charge in [-0.05, 0) is 49.2 Å². The first kappa shape index (κ1) is 25.4. The summed E-state index contributed by atoms with van der Waals surface area (Å²) in [5.41, 5.74) is 2.16. The van der Waals surface area contributed by atoms with Crippen LogP contribution in [0.25, 0.3) is 0 Å². The maximum atomic E-state index is 6.41. The number of nitrogens with one attached hydrogen (secondary N) is 1. The Morgan fingerprint density at radius 2 is 1.75 bits per heavy atom. The Hall–Kier alpha value is -0.680. The minimum absolute atomic E-state index is 0. The minimum atomic E-state index is 0. The van der Waals surface area contributed by atoms with Crippen molar-refractivity contribution >= 4 is 48.0 Å². The van der Waals surface area contributed by atoms with E-state index >= 15 is 0 Å². The third kappa shape index (κ3) is 6.98. The lowest BCUT2D eigenvalue weighted by Crippen LogP contribution is -2.37. The topological polar surface area (TPSA) is 24.5 Å². The van der Waals surface area contributed by atoms with E-state index in [2.05, 4.69) is 17.1 Å². The van der Waals surface area contributed by atoms with E-state index in [1.807, 2.05) is 42.5 Å². The largest absolute Gasteiger partial charge is 0.486 e. The van der Waals surface area contributed by atoms with Crippen LogP contribution < -0.4 is 10.1 Å². The Bertz CT molecular complexity index is 692. The number of rotatable bonds is 8. The van der Waals surface area contributed by atoms with Gasteiger partial charge >= 0.3 is 0 Å². The molecule has 2 aromatic carbocycles. The molecule has 1 heterocycles. The third-order valence-corrected chi connectivity index (χ3v) is 5.46. The highest BCUT2D eigenvalue weighted by Crippen LogP contribution is 2.34. The van der Waals surface area contributed by atoms with E-state index in [4.69, 9.17) is 27.9 Å². The van der Waals surface area contributed by atoms with Crippen molar-refractivity contribution in [2.75, 3.05) is 19.6 Å². The van der Waals surface area contributed by atoms with Gasteiger partial charge in [0.2, 0.25) is 0 Å². The molecule has 1 atom stereocenters. The fourth-order valence-electron chi connectivity index (χ4n) is 3.51. The second kappa shape index (κ2) is 12.8.